The van der Waals surface area contributed by atoms with Gasteiger partial charge in [-0.15, -0.1) is 0 Å². The number of anilines is 1. The van der Waals surface area contributed by atoms with Crippen LogP contribution in [0.1, 0.15) is 5.56 Å². The van der Waals surface area contributed by atoms with Gasteiger partial charge in [0, 0.05) is 10.7 Å². The minimum absolute atomic E-state index is 0.136. The van der Waals surface area contributed by atoms with Crippen LogP contribution in [-0.2, 0) is 9.59 Å². The standard InChI is InChI=1S/C19H14BrClN2O5/c1-27-16-8-11(7-15(20)18(16)28-10-17(24)25)6-12(9-22)19(26)23-14-4-2-13(21)3-5-14/h2-8H,10H2,1H3,(H,23,26)(H,24,25). The van der Waals surface area contributed by atoms with Gasteiger partial charge < -0.3 is 19.9 Å². The van der Waals surface area contributed by atoms with Gasteiger partial charge in [0.1, 0.15) is 11.6 Å². The summed E-state index contributed by atoms with van der Waals surface area (Å²) in [5, 5.41) is 21.2. The zero-order chi connectivity index (χ0) is 20.7. The third-order valence-corrected chi connectivity index (χ3v) is 4.21. The molecule has 144 valence electrons. The van der Waals surface area contributed by atoms with Crippen molar-refractivity contribution < 1.29 is 24.2 Å². The van der Waals surface area contributed by atoms with Gasteiger partial charge in [0.25, 0.3) is 5.91 Å². The van der Waals surface area contributed by atoms with Gasteiger partial charge in [0.15, 0.2) is 18.1 Å². The van der Waals surface area contributed by atoms with Crippen LogP contribution in [0.4, 0.5) is 5.69 Å². The molecular formula is C19H14BrClN2O5. The molecule has 7 nitrogen and oxygen atoms in total. The molecule has 2 N–H and O–H groups in total. The van der Waals surface area contributed by atoms with Crippen molar-refractivity contribution in [3.63, 3.8) is 0 Å². The zero-order valence-corrected chi connectivity index (χ0v) is 16.9. The van der Waals surface area contributed by atoms with Crippen LogP contribution in [0.5, 0.6) is 11.5 Å². The maximum atomic E-state index is 12.3. The number of benzene rings is 2. The molecule has 0 unspecified atom stereocenters. The van der Waals surface area contributed by atoms with E-state index in [9.17, 15) is 14.9 Å². The number of ether oxygens (including phenoxy) is 2. The number of nitriles is 1. The summed E-state index contributed by atoms with van der Waals surface area (Å²) in [6.07, 6.45) is 1.37. The third kappa shape index (κ3) is 5.74. The number of nitrogens with zero attached hydrogens (tertiary/aromatic N) is 1. The molecule has 2 aromatic carbocycles. The lowest BCUT2D eigenvalue weighted by molar-refractivity contribution is -0.139. The Morgan fingerprint density at radius 1 is 1.32 bits per heavy atom. The molecule has 0 aliphatic heterocycles. The lowest BCUT2D eigenvalue weighted by atomic mass is 10.1. The summed E-state index contributed by atoms with van der Waals surface area (Å²) in [4.78, 5) is 23.0. The van der Waals surface area contributed by atoms with E-state index < -0.39 is 18.5 Å². The Balaban J connectivity index is 2.28. The number of hydrogen-bond acceptors (Lipinski definition) is 5. The van der Waals surface area contributed by atoms with E-state index in [-0.39, 0.29) is 17.1 Å². The predicted molar refractivity (Wildman–Crippen MR) is 107 cm³/mol. The lowest BCUT2D eigenvalue weighted by Crippen LogP contribution is -2.13. The van der Waals surface area contributed by atoms with E-state index in [4.69, 9.17) is 26.2 Å². The van der Waals surface area contributed by atoms with Gasteiger partial charge in [0.05, 0.1) is 11.6 Å². The maximum absolute atomic E-state index is 12.3. The Kier molecular flexibility index (Phi) is 7.44. The number of rotatable bonds is 7. The van der Waals surface area contributed by atoms with E-state index in [1.54, 1.807) is 30.3 Å². The zero-order valence-electron chi connectivity index (χ0n) is 14.5. The Morgan fingerprint density at radius 2 is 2.00 bits per heavy atom. The SMILES string of the molecule is COc1cc(C=C(C#N)C(=O)Nc2ccc(Cl)cc2)cc(Br)c1OCC(=O)O. The number of carboxylic acids is 1. The summed E-state index contributed by atoms with van der Waals surface area (Å²) in [5.41, 5.74) is 0.837. The summed E-state index contributed by atoms with van der Waals surface area (Å²) in [6, 6.07) is 11.4. The third-order valence-electron chi connectivity index (χ3n) is 3.37. The van der Waals surface area contributed by atoms with Gasteiger partial charge in [-0.25, -0.2) is 4.79 Å². The highest BCUT2D eigenvalue weighted by Gasteiger charge is 2.15. The highest BCUT2D eigenvalue weighted by molar-refractivity contribution is 9.10. The summed E-state index contributed by atoms with van der Waals surface area (Å²) in [6.45, 7) is -0.545. The van der Waals surface area contributed by atoms with E-state index in [1.165, 1.54) is 19.3 Å². The van der Waals surface area contributed by atoms with Crippen molar-refractivity contribution in [2.75, 3.05) is 19.0 Å². The number of halogens is 2. The average Bonchev–Trinajstić information content (AvgIpc) is 2.66. The topological polar surface area (TPSA) is 109 Å². The fraction of sp³-hybridized carbons (Fsp3) is 0.105. The van der Waals surface area contributed by atoms with E-state index in [0.29, 0.717) is 20.7 Å². The lowest BCUT2D eigenvalue weighted by Gasteiger charge is -2.12. The van der Waals surface area contributed by atoms with E-state index in [0.717, 1.165) is 0 Å². The molecule has 0 fully saturated rings. The quantitative estimate of drug-likeness (QED) is 0.470. The van der Waals surface area contributed by atoms with Crippen molar-refractivity contribution in [2.45, 2.75) is 0 Å². The first-order chi connectivity index (χ1) is 13.3. The summed E-state index contributed by atoms with van der Waals surface area (Å²) < 4.78 is 10.8. The molecule has 0 aromatic heterocycles. The van der Waals surface area contributed by atoms with Crippen LogP contribution < -0.4 is 14.8 Å². The van der Waals surface area contributed by atoms with Gasteiger partial charge >= 0.3 is 5.97 Å². The van der Waals surface area contributed by atoms with Crippen LogP contribution in [0.15, 0.2) is 46.4 Å². The van der Waals surface area contributed by atoms with E-state index in [1.807, 2.05) is 6.07 Å². The van der Waals surface area contributed by atoms with Crippen LogP contribution in [0.2, 0.25) is 5.02 Å². The van der Waals surface area contributed by atoms with Crippen LogP contribution in [-0.4, -0.2) is 30.7 Å². The molecule has 0 saturated carbocycles. The Morgan fingerprint density at radius 3 is 2.57 bits per heavy atom. The van der Waals surface area contributed by atoms with Gasteiger partial charge in [-0.2, -0.15) is 5.26 Å². The number of nitrogens with one attached hydrogen (secondary N) is 1. The Labute approximate surface area is 174 Å². The van der Waals surface area contributed by atoms with E-state index >= 15 is 0 Å². The first-order valence-corrected chi connectivity index (χ1v) is 8.92. The normalized spacial score (nSPS) is 10.7. The number of amides is 1. The smallest absolute Gasteiger partial charge is 0.341 e. The minimum Gasteiger partial charge on any atom is -0.493 e. The monoisotopic (exact) mass is 464 g/mol. The highest BCUT2D eigenvalue weighted by Crippen LogP contribution is 2.37. The number of aliphatic carboxylic acids is 1. The maximum Gasteiger partial charge on any atom is 0.341 e. The Hall–Kier alpha value is -3.02. The molecular weight excluding hydrogens is 452 g/mol. The fourth-order valence-electron chi connectivity index (χ4n) is 2.14. The van der Waals surface area contributed by atoms with Gasteiger partial charge in [0.2, 0.25) is 0 Å². The van der Waals surface area contributed by atoms with Gasteiger partial charge in [-0.3, -0.25) is 4.79 Å². The molecule has 0 bridgehead atoms. The molecule has 2 rings (SSSR count). The first-order valence-electron chi connectivity index (χ1n) is 7.75. The van der Waals surface area contributed by atoms with Crippen molar-refractivity contribution >= 4 is 51.2 Å². The highest BCUT2D eigenvalue weighted by atomic mass is 79.9. The molecule has 0 saturated heterocycles. The van der Waals surface area contributed by atoms with Crippen molar-refractivity contribution in [1.82, 2.24) is 0 Å². The second-order valence-electron chi connectivity index (χ2n) is 5.35. The van der Waals surface area contributed by atoms with Crippen molar-refractivity contribution in [3.05, 3.63) is 57.0 Å². The van der Waals surface area contributed by atoms with Crippen molar-refractivity contribution in [2.24, 2.45) is 0 Å². The first kappa shape index (κ1) is 21.3. The average molecular weight is 466 g/mol. The molecule has 0 atom stereocenters. The molecule has 0 aliphatic carbocycles. The summed E-state index contributed by atoms with van der Waals surface area (Å²) in [7, 11) is 1.39. The van der Waals surface area contributed by atoms with Crippen LogP contribution in [0.25, 0.3) is 6.08 Å². The fourth-order valence-corrected chi connectivity index (χ4v) is 2.84. The number of carboxylic acid groups (broad SMARTS) is 1. The molecule has 2 aromatic rings. The second kappa shape index (κ2) is 9.78. The minimum atomic E-state index is -1.14. The van der Waals surface area contributed by atoms with Crippen LogP contribution in [0, 0.1) is 11.3 Å². The molecule has 9 heteroatoms. The predicted octanol–water partition coefficient (Wildman–Crippen LogP) is 4.12. The van der Waals surface area contributed by atoms with Crippen molar-refractivity contribution in [1.29, 1.82) is 5.26 Å². The largest absolute Gasteiger partial charge is 0.493 e. The molecule has 0 aliphatic rings. The number of carbonyl (C=O) groups is 2. The molecule has 0 radical (unpaired) electrons. The number of methoxy groups -OCH3 is 1. The molecule has 28 heavy (non-hydrogen) atoms. The van der Waals surface area contributed by atoms with Crippen LogP contribution in [0.3, 0.4) is 0 Å². The van der Waals surface area contributed by atoms with E-state index in [2.05, 4.69) is 21.2 Å². The Bertz CT molecular complexity index is 968. The summed E-state index contributed by atoms with van der Waals surface area (Å²) in [5.74, 6) is -1.28. The van der Waals surface area contributed by atoms with Crippen LogP contribution >= 0.6 is 27.5 Å². The number of carbonyl (C=O) groups excluding carboxylic acids is 1. The molecule has 1 amide bonds. The summed E-state index contributed by atoms with van der Waals surface area (Å²) >= 11 is 9.08. The molecule has 0 spiro atoms. The molecule has 0 heterocycles. The van der Waals surface area contributed by atoms with Gasteiger partial charge in [-0.1, -0.05) is 11.6 Å². The van der Waals surface area contributed by atoms with Gasteiger partial charge in [-0.05, 0) is 64.0 Å². The van der Waals surface area contributed by atoms with Crippen molar-refractivity contribution in [3.8, 4) is 17.6 Å². The number of hydrogen-bond donors (Lipinski definition) is 2. The second-order valence-corrected chi connectivity index (χ2v) is 6.64.